The molecule has 3 rings (SSSR count). The maximum absolute atomic E-state index is 13.8. The number of hydrogen-bond acceptors (Lipinski definition) is 4. The van der Waals surface area contributed by atoms with E-state index in [0.717, 1.165) is 12.1 Å². The maximum Gasteiger partial charge on any atom is 0.272 e. The van der Waals surface area contributed by atoms with Gasteiger partial charge in [0.15, 0.2) is 17.3 Å². The van der Waals surface area contributed by atoms with E-state index in [9.17, 15) is 18.4 Å². The van der Waals surface area contributed by atoms with Crippen LogP contribution in [0.3, 0.4) is 0 Å². The lowest BCUT2D eigenvalue weighted by Gasteiger charge is -2.20. The fraction of sp³-hybridized carbons (Fsp3) is 0.450. The van der Waals surface area contributed by atoms with Crippen molar-refractivity contribution in [3.05, 3.63) is 41.2 Å². The summed E-state index contributed by atoms with van der Waals surface area (Å²) < 4.78 is 34.5. The first-order chi connectivity index (χ1) is 13.8. The summed E-state index contributed by atoms with van der Waals surface area (Å²) in [5.41, 5.74) is 1.01. The first-order valence-corrected chi connectivity index (χ1v) is 9.48. The summed E-state index contributed by atoms with van der Waals surface area (Å²) in [6.07, 6.45) is 0.688. The summed E-state index contributed by atoms with van der Waals surface area (Å²) in [4.78, 5) is 29.5. The van der Waals surface area contributed by atoms with Gasteiger partial charge in [-0.1, -0.05) is 13.8 Å². The highest BCUT2D eigenvalue weighted by atomic mass is 19.2. The highest BCUT2D eigenvalue weighted by molar-refractivity contribution is 5.97. The van der Waals surface area contributed by atoms with Crippen molar-refractivity contribution >= 4 is 11.8 Å². The Morgan fingerprint density at radius 3 is 2.66 bits per heavy atom. The summed E-state index contributed by atoms with van der Waals surface area (Å²) in [5, 5.41) is 5.26. The number of rotatable bonds is 5. The van der Waals surface area contributed by atoms with Crippen molar-refractivity contribution in [1.29, 1.82) is 0 Å². The molecule has 1 aromatic heterocycles. The smallest absolute Gasteiger partial charge is 0.272 e. The summed E-state index contributed by atoms with van der Waals surface area (Å²) in [7, 11) is 1.50. The molecule has 1 aliphatic heterocycles. The number of amides is 2. The number of ether oxygens (including phenoxy) is 1. The van der Waals surface area contributed by atoms with Crippen LogP contribution in [0.5, 0.6) is 0 Å². The van der Waals surface area contributed by atoms with Gasteiger partial charge in [-0.05, 0) is 30.5 Å². The van der Waals surface area contributed by atoms with E-state index < -0.39 is 23.6 Å². The summed E-state index contributed by atoms with van der Waals surface area (Å²) in [5.74, 6) is -2.55. The molecule has 0 fully saturated rings. The van der Waals surface area contributed by atoms with E-state index in [2.05, 4.69) is 15.6 Å². The van der Waals surface area contributed by atoms with E-state index in [1.807, 2.05) is 13.8 Å². The minimum absolute atomic E-state index is 0.112. The fourth-order valence-electron chi connectivity index (χ4n) is 3.30. The summed E-state index contributed by atoms with van der Waals surface area (Å²) >= 11 is 0. The van der Waals surface area contributed by atoms with Crippen molar-refractivity contribution in [2.75, 3.05) is 13.7 Å². The van der Waals surface area contributed by atoms with Gasteiger partial charge < -0.3 is 19.9 Å². The Morgan fingerprint density at radius 2 is 2.00 bits per heavy atom. The lowest BCUT2D eigenvalue weighted by molar-refractivity contribution is -0.123. The molecule has 0 unspecified atom stereocenters. The summed E-state index contributed by atoms with van der Waals surface area (Å²) in [6.45, 7) is 4.83. The molecule has 0 bridgehead atoms. The molecule has 156 valence electrons. The van der Waals surface area contributed by atoms with Gasteiger partial charge in [-0.2, -0.15) is 0 Å². The number of halogens is 2. The molecule has 29 heavy (non-hydrogen) atoms. The Bertz CT molecular complexity index is 927. The number of aromatic nitrogens is 2. The van der Waals surface area contributed by atoms with Gasteiger partial charge in [0.2, 0.25) is 5.91 Å². The van der Waals surface area contributed by atoms with E-state index in [-0.39, 0.29) is 24.1 Å². The van der Waals surface area contributed by atoms with E-state index >= 15 is 0 Å². The van der Waals surface area contributed by atoms with Gasteiger partial charge in [-0.3, -0.25) is 9.59 Å². The van der Waals surface area contributed by atoms with Crippen LogP contribution in [0.4, 0.5) is 8.78 Å². The van der Waals surface area contributed by atoms with E-state index in [1.165, 1.54) is 13.1 Å². The normalized spacial score (nSPS) is 14.8. The van der Waals surface area contributed by atoms with Crippen LogP contribution in [-0.2, 0) is 22.7 Å². The Kier molecular flexibility index (Phi) is 6.26. The Hall–Kier alpha value is -2.81. The molecule has 7 nitrogen and oxygen atoms in total. The number of nitrogens with one attached hydrogen (secondary N) is 2. The second kappa shape index (κ2) is 8.69. The Balaban J connectivity index is 2.02. The molecule has 2 aromatic rings. The molecule has 2 amide bonds. The molecule has 0 saturated carbocycles. The first kappa shape index (κ1) is 20.9. The third-order valence-electron chi connectivity index (χ3n) is 4.86. The first-order valence-electron chi connectivity index (χ1n) is 9.48. The van der Waals surface area contributed by atoms with Crippen LogP contribution in [0.2, 0.25) is 0 Å². The van der Waals surface area contributed by atoms with Gasteiger partial charge in [0.1, 0.15) is 11.9 Å². The molecule has 2 heterocycles. The molecule has 0 aliphatic carbocycles. The highest BCUT2D eigenvalue weighted by Crippen LogP contribution is 2.27. The zero-order valence-corrected chi connectivity index (χ0v) is 16.6. The van der Waals surface area contributed by atoms with Gasteiger partial charge in [0.05, 0.1) is 12.3 Å². The number of likely N-dealkylation sites (N-methyl/N-ethyl adjacent to an activating group) is 1. The van der Waals surface area contributed by atoms with Gasteiger partial charge in [-0.15, -0.1) is 0 Å². The zero-order chi connectivity index (χ0) is 21.1. The second-order valence-electron chi connectivity index (χ2n) is 7.23. The monoisotopic (exact) mass is 406 g/mol. The molecule has 2 N–H and O–H groups in total. The van der Waals surface area contributed by atoms with Gasteiger partial charge >= 0.3 is 0 Å². The van der Waals surface area contributed by atoms with Crippen molar-refractivity contribution in [2.45, 2.75) is 39.5 Å². The maximum atomic E-state index is 13.8. The standard InChI is InChI=1S/C20H24F2N4O3/c1-11(2)16(19(27)23-3)25-20(28)17-15-10-29-8-4-7-26(15)18(24-17)12-5-6-13(21)14(22)9-12/h5-6,9,11,16H,4,7-8,10H2,1-3H3,(H,23,27)(H,25,28)/t16-/m0/s1. The number of hydrogen-bond donors (Lipinski definition) is 2. The number of carbonyl (C=O) groups is 2. The molecule has 1 atom stereocenters. The van der Waals surface area contributed by atoms with E-state index in [1.54, 1.807) is 4.57 Å². The van der Waals surface area contributed by atoms with Crippen LogP contribution in [-0.4, -0.2) is 41.1 Å². The number of fused-ring (bicyclic) bond motifs is 1. The average molecular weight is 406 g/mol. The molecular formula is C20H24F2N4O3. The molecule has 0 saturated heterocycles. The number of carbonyl (C=O) groups excluding carboxylic acids is 2. The zero-order valence-electron chi connectivity index (χ0n) is 16.6. The molecule has 0 radical (unpaired) electrons. The van der Waals surface area contributed by atoms with Crippen LogP contribution in [0.25, 0.3) is 11.4 Å². The van der Waals surface area contributed by atoms with Crippen molar-refractivity contribution in [3.63, 3.8) is 0 Å². The van der Waals surface area contributed by atoms with Gasteiger partial charge in [-0.25, -0.2) is 13.8 Å². The van der Waals surface area contributed by atoms with Crippen molar-refractivity contribution in [3.8, 4) is 11.4 Å². The number of benzene rings is 1. The second-order valence-corrected chi connectivity index (χ2v) is 7.23. The van der Waals surface area contributed by atoms with Gasteiger partial charge in [0, 0.05) is 25.8 Å². The predicted octanol–water partition coefficient (Wildman–Crippen LogP) is 2.25. The molecule has 1 aromatic carbocycles. The minimum atomic E-state index is -0.991. The quantitative estimate of drug-likeness (QED) is 0.798. The topological polar surface area (TPSA) is 85.3 Å². The fourth-order valence-corrected chi connectivity index (χ4v) is 3.30. The van der Waals surface area contributed by atoms with Crippen molar-refractivity contribution in [2.24, 2.45) is 5.92 Å². The van der Waals surface area contributed by atoms with Crippen LogP contribution in [0, 0.1) is 17.6 Å². The van der Waals surface area contributed by atoms with Crippen LogP contribution in [0.1, 0.15) is 36.5 Å². The lowest BCUT2D eigenvalue weighted by atomic mass is 10.0. The predicted molar refractivity (Wildman–Crippen MR) is 102 cm³/mol. The van der Waals surface area contributed by atoms with Crippen LogP contribution in [0.15, 0.2) is 18.2 Å². The number of nitrogens with zero attached hydrogens (tertiary/aromatic N) is 2. The van der Waals surface area contributed by atoms with Crippen LogP contribution >= 0.6 is 0 Å². The SMILES string of the molecule is CNC(=O)[C@@H](NC(=O)c1nc(-c2ccc(F)c(F)c2)n2c1COCCC2)C(C)C. The van der Waals surface area contributed by atoms with E-state index in [0.29, 0.717) is 36.7 Å². The lowest BCUT2D eigenvalue weighted by Crippen LogP contribution is -2.49. The minimum Gasteiger partial charge on any atom is -0.375 e. The average Bonchev–Trinajstić information content (AvgIpc) is 2.88. The highest BCUT2D eigenvalue weighted by Gasteiger charge is 2.29. The molecule has 0 spiro atoms. The third-order valence-corrected chi connectivity index (χ3v) is 4.86. The third kappa shape index (κ3) is 4.29. The van der Waals surface area contributed by atoms with E-state index in [4.69, 9.17) is 4.74 Å². The molecule has 9 heteroatoms. The molecular weight excluding hydrogens is 382 g/mol. The van der Waals surface area contributed by atoms with Crippen LogP contribution < -0.4 is 10.6 Å². The number of imidazole rings is 1. The molecule has 1 aliphatic rings. The largest absolute Gasteiger partial charge is 0.375 e. The Morgan fingerprint density at radius 1 is 1.24 bits per heavy atom. The van der Waals surface area contributed by atoms with Crippen molar-refractivity contribution < 1.29 is 23.1 Å². The summed E-state index contributed by atoms with van der Waals surface area (Å²) in [6, 6.07) is 2.77. The Labute approximate surface area is 167 Å². The van der Waals surface area contributed by atoms with Crippen molar-refractivity contribution in [1.82, 2.24) is 20.2 Å². The van der Waals surface area contributed by atoms with Gasteiger partial charge in [0.25, 0.3) is 5.91 Å².